The van der Waals surface area contributed by atoms with Crippen LogP contribution >= 0.6 is 0 Å². The molecule has 0 bridgehead atoms. The van der Waals surface area contributed by atoms with Crippen molar-refractivity contribution < 1.29 is 31.5 Å². The summed E-state index contributed by atoms with van der Waals surface area (Å²) >= 11 is 0. The Morgan fingerprint density at radius 1 is 1.11 bits per heavy atom. The van der Waals surface area contributed by atoms with Crippen molar-refractivity contribution in [1.29, 1.82) is 0 Å². The molecule has 5 nitrogen and oxygen atoms in total. The van der Waals surface area contributed by atoms with Gasteiger partial charge in [0.1, 0.15) is 28.2 Å². The number of halogens is 3. The van der Waals surface area contributed by atoms with E-state index in [0.29, 0.717) is 22.3 Å². The quantitative estimate of drug-likeness (QED) is 0.418. The molecule has 3 heterocycles. The van der Waals surface area contributed by atoms with Crippen molar-refractivity contribution in [3.8, 4) is 11.3 Å². The Balaban J connectivity index is 1.88. The summed E-state index contributed by atoms with van der Waals surface area (Å²) in [4.78, 5) is 15.7. The molecule has 0 spiro atoms. The molecule has 4 aromatic rings. The van der Waals surface area contributed by atoms with Crippen molar-refractivity contribution >= 4 is 27.9 Å². The van der Waals surface area contributed by atoms with Crippen molar-refractivity contribution in [3.05, 3.63) is 53.5 Å². The second-order valence-corrected chi connectivity index (χ2v) is 6.14. The van der Waals surface area contributed by atoms with E-state index in [4.69, 9.17) is 13.6 Å². The summed E-state index contributed by atoms with van der Waals surface area (Å²) in [6, 6.07) is 7.59. The van der Waals surface area contributed by atoms with Gasteiger partial charge in [0.15, 0.2) is 5.69 Å². The van der Waals surface area contributed by atoms with Gasteiger partial charge in [-0.1, -0.05) is 0 Å². The molecule has 3 aromatic heterocycles. The van der Waals surface area contributed by atoms with Gasteiger partial charge in [-0.3, -0.25) is 4.98 Å². The van der Waals surface area contributed by atoms with Gasteiger partial charge in [-0.15, -0.1) is 0 Å². The molecule has 1 aromatic carbocycles. The van der Waals surface area contributed by atoms with Gasteiger partial charge in [0.05, 0.1) is 12.0 Å². The van der Waals surface area contributed by atoms with Crippen LogP contribution in [0.2, 0.25) is 0 Å². The standard InChI is InChI=1S/C20H14F3NO4/c1-3-26-19(25)17-10(2)27-14-5-4-11(8-12(14)17)16-9-13-15(28-16)6-7-24-18(13)20(21,22)23/h4-9H,3H2,1-2H3. The number of carbonyl (C=O) groups is 1. The van der Waals surface area contributed by atoms with Crippen molar-refractivity contribution in [2.45, 2.75) is 20.0 Å². The maximum absolute atomic E-state index is 13.2. The van der Waals surface area contributed by atoms with E-state index in [2.05, 4.69) is 4.98 Å². The average Bonchev–Trinajstić information content (AvgIpc) is 3.20. The van der Waals surface area contributed by atoms with Crippen molar-refractivity contribution in [2.75, 3.05) is 6.61 Å². The zero-order valence-electron chi connectivity index (χ0n) is 14.9. The lowest BCUT2D eigenvalue weighted by atomic mass is 10.1. The van der Waals surface area contributed by atoms with Crippen LogP contribution < -0.4 is 0 Å². The molecular formula is C20H14F3NO4. The monoisotopic (exact) mass is 389 g/mol. The summed E-state index contributed by atoms with van der Waals surface area (Å²) in [6.45, 7) is 3.55. The van der Waals surface area contributed by atoms with Crippen LogP contribution in [0.25, 0.3) is 33.3 Å². The molecule has 0 N–H and O–H groups in total. The van der Waals surface area contributed by atoms with Crippen LogP contribution in [0.4, 0.5) is 13.2 Å². The highest BCUT2D eigenvalue weighted by atomic mass is 19.4. The van der Waals surface area contributed by atoms with E-state index in [1.165, 1.54) is 12.1 Å². The molecule has 0 atom stereocenters. The number of alkyl halides is 3. The predicted octanol–water partition coefficient (Wildman–Crippen LogP) is 5.74. The van der Waals surface area contributed by atoms with Crippen molar-refractivity contribution in [1.82, 2.24) is 4.98 Å². The third kappa shape index (κ3) is 2.90. The van der Waals surface area contributed by atoms with E-state index in [-0.39, 0.29) is 28.9 Å². The highest BCUT2D eigenvalue weighted by molar-refractivity contribution is 6.05. The highest BCUT2D eigenvalue weighted by Gasteiger charge is 2.35. The molecule has 28 heavy (non-hydrogen) atoms. The normalized spacial score (nSPS) is 12.0. The number of hydrogen-bond acceptors (Lipinski definition) is 5. The minimum Gasteiger partial charge on any atom is -0.462 e. The van der Waals surface area contributed by atoms with Gasteiger partial charge in [-0.05, 0) is 44.2 Å². The molecule has 8 heteroatoms. The van der Waals surface area contributed by atoms with E-state index < -0.39 is 17.8 Å². The Morgan fingerprint density at radius 2 is 1.86 bits per heavy atom. The zero-order valence-corrected chi connectivity index (χ0v) is 14.9. The Morgan fingerprint density at radius 3 is 2.57 bits per heavy atom. The summed E-state index contributed by atoms with van der Waals surface area (Å²) in [5.41, 5.74) is 0.326. The van der Waals surface area contributed by atoms with Gasteiger partial charge in [-0.25, -0.2) is 4.79 Å². The van der Waals surface area contributed by atoms with Crippen LogP contribution in [0.3, 0.4) is 0 Å². The summed E-state index contributed by atoms with van der Waals surface area (Å²) in [5.74, 6) is 0.104. The topological polar surface area (TPSA) is 65.5 Å². The lowest BCUT2D eigenvalue weighted by Gasteiger charge is -2.04. The number of furan rings is 2. The molecule has 0 aliphatic rings. The van der Waals surface area contributed by atoms with Gasteiger partial charge in [0, 0.05) is 17.1 Å². The van der Waals surface area contributed by atoms with Crippen molar-refractivity contribution in [2.24, 2.45) is 0 Å². The SMILES string of the molecule is CCOC(=O)c1c(C)oc2ccc(-c3cc4c(C(F)(F)F)nccc4o3)cc12. The molecule has 4 rings (SSSR count). The Hall–Kier alpha value is -3.29. The number of fused-ring (bicyclic) bond motifs is 2. The zero-order chi connectivity index (χ0) is 20.1. The maximum Gasteiger partial charge on any atom is 0.434 e. The number of aromatic nitrogens is 1. The number of hydrogen-bond donors (Lipinski definition) is 0. The summed E-state index contributed by atoms with van der Waals surface area (Å²) in [5, 5.41) is 0.377. The van der Waals surface area contributed by atoms with Gasteiger partial charge >= 0.3 is 12.1 Å². The van der Waals surface area contributed by atoms with Crippen LogP contribution in [0, 0.1) is 6.92 Å². The van der Waals surface area contributed by atoms with E-state index in [0.717, 1.165) is 6.20 Å². The molecule has 0 aliphatic carbocycles. The minimum absolute atomic E-state index is 0.0754. The fourth-order valence-corrected chi connectivity index (χ4v) is 3.16. The summed E-state index contributed by atoms with van der Waals surface area (Å²) in [6.07, 6.45) is -3.54. The van der Waals surface area contributed by atoms with Gasteiger partial charge in [0.2, 0.25) is 0 Å². The lowest BCUT2D eigenvalue weighted by molar-refractivity contribution is -0.139. The fourth-order valence-electron chi connectivity index (χ4n) is 3.16. The number of esters is 1. The number of rotatable bonds is 3. The number of benzene rings is 1. The Labute approximate surface area is 156 Å². The van der Waals surface area contributed by atoms with E-state index in [9.17, 15) is 18.0 Å². The van der Waals surface area contributed by atoms with Crippen LogP contribution in [-0.2, 0) is 10.9 Å². The van der Waals surface area contributed by atoms with E-state index in [1.54, 1.807) is 32.0 Å². The van der Waals surface area contributed by atoms with Crippen LogP contribution in [0.15, 0.2) is 45.4 Å². The third-order valence-corrected chi connectivity index (χ3v) is 4.34. The number of aryl methyl sites for hydroxylation is 1. The predicted molar refractivity (Wildman–Crippen MR) is 94.9 cm³/mol. The molecule has 0 radical (unpaired) electrons. The molecule has 0 amide bonds. The number of nitrogens with zero attached hydrogens (tertiary/aromatic N) is 1. The molecule has 0 unspecified atom stereocenters. The first kappa shape index (κ1) is 18.1. The lowest BCUT2D eigenvalue weighted by Crippen LogP contribution is -2.07. The Bertz CT molecular complexity index is 1200. The van der Waals surface area contributed by atoms with Gasteiger partial charge in [-0.2, -0.15) is 13.2 Å². The van der Waals surface area contributed by atoms with Gasteiger partial charge in [0.25, 0.3) is 0 Å². The number of carbonyl (C=O) groups excluding carboxylic acids is 1. The summed E-state index contributed by atoms with van der Waals surface area (Å²) in [7, 11) is 0. The third-order valence-electron chi connectivity index (χ3n) is 4.34. The minimum atomic E-state index is -4.59. The molecule has 0 aliphatic heterocycles. The van der Waals surface area contributed by atoms with Gasteiger partial charge < -0.3 is 13.6 Å². The largest absolute Gasteiger partial charge is 0.462 e. The molecule has 0 saturated carbocycles. The average molecular weight is 389 g/mol. The van der Waals surface area contributed by atoms with E-state index in [1.807, 2.05) is 0 Å². The second-order valence-electron chi connectivity index (χ2n) is 6.14. The van der Waals surface area contributed by atoms with Crippen LogP contribution in [0.1, 0.15) is 28.7 Å². The fraction of sp³-hybridized carbons (Fsp3) is 0.200. The first-order chi connectivity index (χ1) is 13.3. The molecular weight excluding hydrogens is 375 g/mol. The maximum atomic E-state index is 13.2. The first-order valence-electron chi connectivity index (χ1n) is 8.46. The van der Waals surface area contributed by atoms with Crippen LogP contribution in [0.5, 0.6) is 0 Å². The highest BCUT2D eigenvalue weighted by Crippen LogP contribution is 2.38. The smallest absolute Gasteiger partial charge is 0.434 e. The Kier molecular flexibility index (Phi) is 4.14. The van der Waals surface area contributed by atoms with E-state index >= 15 is 0 Å². The summed E-state index contributed by atoms with van der Waals surface area (Å²) < 4.78 is 55.8. The molecule has 0 saturated heterocycles. The first-order valence-corrected chi connectivity index (χ1v) is 8.46. The number of pyridine rings is 1. The molecule has 0 fully saturated rings. The second kappa shape index (κ2) is 6.40. The van der Waals surface area contributed by atoms with Crippen LogP contribution in [-0.4, -0.2) is 17.6 Å². The van der Waals surface area contributed by atoms with Crippen molar-refractivity contribution in [3.63, 3.8) is 0 Å². The molecule has 144 valence electrons. The number of ether oxygens (including phenoxy) is 1.